The van der Waals surface area contributed by atoms with Gasteiger partial charge in [0.25, 0.3) is 0 Å². The van der Waals surface area contributed by atoms with Crippen LogP contribution in [0.2, 0.25) is 0 Å². The maximum Gasteiger partial charge on any atom is 0.456 e. The van der Waals surface area contributed by atoms with Crippen molar-refractivity contribution in [1.29, 1.82) is 0 Å². The highest BCUT2D eigenvalue weighted by Crippen LogP contribution is 2.55. The highest BCUT2D eigenvalue weighted by atomic mass is 32.2. The van der Waals surface area contributed by atoms with Crippen LogP contribution >= 0.6 is 11.8 Å². The van der Waals surface area contributed by atoms with E-state index in [2.05, 4.69) is 0 Å². The van der Waals surface area contributed by atoms with Gasteiger partial charge >= 0.3 is 12.1 Å². The minimum Gasteiger partial charge on any atom is -0.379 e. The molecule has 140 valence electrons. The predicted octanol–water partition coefficient (Wildman–Crippen LogP) is 3.42. The van der Waals surface area contributed by atoms with Gasteiger partial charge < -0.3 is 4.74 Å². The van der Waals surface area contributed by atoms with Gasteiger partial charge in [0.15, 0.2) is 4.87 Å². The molecule has 25 heavy (non-hydrogen) atoms. The lowest BCUT2D eigenvalue weighted by atomic mass is 10.0. The second-order valence-corrected chi connectivity index (χ2v) is 7.42. The Hall–Kier alpha value is -0.900. The van der Waals surface area contributed by atoms with Gasteiger partial charge in [-0.2, -0.15) is 22.0 Å². The van der Waals surface area contributed by atoms with Gasteiger partial charge in [0.05, 0.1) is 13.2 Å². The molecule has 0 saturated carbocycles. The van der Waals surface area contributed by atoms with Crippen molar-refractivity contribution >= 4 is 11.8 Å². The van der Waals surface area contributed by atoms with Crippen molar-refractivity contribution in [2.45, 2.75) is 23.5 Å². The van der Waals surface area contributed by atoms with Crippen molar-refractivity contribution < 1.29 is 26.7 Å². The lowest BCUT2D eigenvalue weighted by Gasteiger charge is -2.46. The molecule has 1 aromatic rings. The fourth-order valence-electron chi connectivity index (χ4n) is 3.26. The summed E-state index contributed by atoms with van der Waals surface area (Å²) in [6.07, 6.45) is -5.60. The number of thioether (sulfide) groups is 1. The van der Waals surface area contributed by atoms with E-state index >= 15 is 0 Å². The van der Waals surface area contributed by atoms with Crippen LogP contribution in [0.5, 0.6) is 0 Å². The van der Waals surface area contributed by atoms with Crippen LogP contribution in [0.4, 0.5) is 22.0 Å². The SMILES string of the molecule is FC(F)(F)C(F)(F)C1(N2CCOCC2)CN(Cc2ccccc2)CS1. The van der Waals surface area contributed by atoms with Crippen LogP contribution in [-0.4, -0.2) is 65.5 Å². The van der Waals surface area contributed by atoms with Gasteiger partial charge in [0.2, 0.25) is 0 Å². The van der Waals surface area contributed by atoms with Crippen LogP contribution < -0.4 is 0 Å². The molecule has 1 unspecified atom stereocenters. The first-order valence-electron chi connectivity index (χ1n) is 7.94. The summed E-state index contributed by atoms with van der Waals surface area (Å²) in [4.78, 5) is 0.582. The molecule has 0 aromatic heterocycles. The molecular weight excluding hydrogens is 363 g/mol. The Morgan fingerprint density at radius 1 is 1.04 bits per heavy atom. The third kappa shape index (κ3) is 3.51. The largest absolute Gasteiger partial charge is 0.456 e. The summed E-state index contributed by atoms with van der Waals surface area (Å²) >= 11 is 0.684. The molecule has 0 amide bonds. The Morgan fingerprint density at radius 2 is 1.68 bits per heavy atom. The van der Waals surface area contributed by atoms with Crippen LogP contribution in [-0.2, 0) is 11.3 Å². The number of rotatable bonds is 4. The maximum atomic E-state index is 14.5. The topological polar surface area (TPSA) is 15.7 Å². The van der Waals surface area contributed by atoms with E-state index < -0.39 is 17.0 Å². The van der Waals surface area contributed by atoms with Gasteiger partial charge in [-0.25, -0.2) is 0 Å². The molecule has 9 heteroatoms. The first-order chi connectivity index (χ1) is 11.8. The molecule has 0 radical (unpaired) electrons. The predicted molar refractivity (Wildman–Crippen MR) is 85.4 cm³/mol. The van der Waals surface area contributed by atoms with Gasteiger partial charge in [-0.05, 0) is 5.56 Å². The van der Waals surface area contributed by atoms with Gasteiger partial charge in [0.1, 0.15) is 0 Å². The van der Waals surface area contributed by atoms with E-state index in [1.165, 1.54) is 4.90 Å². The first-order valence-corrected chi connectivity index (χ1v) is 8.92. The molecule has 2 saturated heterocycles. The molecule has 0 N–H and O–H groups in total. The van der Waals surface area contributed by atoms with Crippen molar-refractivity contribution in [3.63, 3.8) is 0 Å². The van der Waals surface area contributed by atoms with E-state index in [4.69, 9.17) is 4.74 Å². The van der Waals surface area contributed by atoms with Crippen LogP contribution in [0.25, 0.3) is 0 Å². The van der Waals surface area contributed by atoms with E-state index in [-0.39, 0.29) is 38.7 Å². The zero-order valence-electron chi connectivity index (χ0n) is 13.4. The minimum atomic E-state index is -5.60. The molecular formula is C16H19F5N2OS. The third-order valence-electron chi connectivity index (χ3n) is 4.54. The number of hydrogen-bond acceptors (Lipinski definition) is 4. The average molecular weight is 382 g/mol. The second-order valence-electron chi connectivity index (χ2n) is 6.20. The summed E-state index contributed by atoms with van der Waals surface area (Å²) in [5, 5.41) is 0. The van der Waals surface area contributed by atoms with Crippen molar-refractivity contribution in [2.75, 3.05) is 38.7 Å². The molecule has 1 aromatic carbocycles. The summed E-state index contributed by atoms with van der Waals surface area (Å²) in [5.41, 5.74) is 0.885. The Morgan fingerprint density at radius 3 is 2.28 bits per heavy atom. The number of hydrogen-bond donors (Lipinski definition) is 0. The summed E-state index contributed by atoms with van der Waals surface area (Å²) in [6.45, 7) is 0.451. The number of ether oxygens (including phenoxy) is 1. The smallest absolute Gasteiger partial charge is 0.379 e. The van der Waals surface area contributed by atoms with Gasteiger partial charge in [0, 0.05) is 32.1 Å². The van der Waals surface area contributed by atoms with Gasteiger partial charge in [-0.1, -0.05) is 30.3 Å². The summed E-state index contributed by atoms with van der Waals surface area (Å²) in [5.74, 6) is -4.69. The molecule has 2 aliphatic heterocycles. The molecule has 3 nitrogen and oxygen atoms in total. The van der Waals surface area contributed by atoms with Crippen molar-refractivity contribution in [3.8, 4) is 0 Å². The standard InChI is InChI=1S/C16H19F5N2OS/c17-15(18,16(19,20)21)14(23-6-8-24-9-7-23)11-22(12-25-14)10-13-4-2-1-3-5-13/h1-5H,6-12H2. The summed E-state index contributed by atoms with van der Waals surface area (Å²) < 4.78 is 73.8. The van der Waals surface area contributed by atoms with E-state index in [1.807, 2.05) is 30.3 Å². The minimum absolute atomic E-state index is 0.0673. The molecule has 1 atom stereocenters. The highest BCUT2D eigenvalue weighted by Gasteiger charge is 2.74. The van der Waals surface area contributed by atoms with Gasteiger partial charge in [-0.15, -0.1) is 11.8 Å². The number of morpholine rings is 1. The Labute approximate surface area is 147 Å². The molecule has 0 aliphatic carbocycles. The zero-order chi connectivity index (χ0) is 18.1. The molecule has 3 rings (SSSR count). The van der Waals surface area contributed by atoms with Crippen LogP contribution in [0.15, 0.2) is 30.3 Å². The lowest BCUT2D eigenvalue weighted by molar-refractivity contribution is -0.312. The number of alkyl halides is 5. The summed E-state index contributed by atoms with van der Waals surface area (Å²) in [7, 11) is 0. The van der Waals surface area contributed by atoms with Gasteiger partial charge in [-0.3, -0.25) is 9.80 Å². The molecule has 2 aliphatic rings. The average Bonchev–Trinajstić information content (AvgIpc) is 3.01. The Balaban J connectivity index is 1.86. The zero-order valence-corrected chi connectivity index (χ0v) is 14.3. The van der Waals surface area contributed by atoms with Crippen molar-refractivity contribution in [1.82, 2.24) is 9.80 Å². The van der Waals surface area contributed by atoms with Crippen molar-refractivity contribution in [3.05, 3.63) is 35.9 Å². The van der Waals surface area contributed by atoms with Crippen LogP contribution in [0, 0.1) is 0 Å². The Kier molecular flexibility index (Phi) is 5.30. The summed E-state index contributed by atoms with van der Waals surface area (Å²) in [6, 6.07) is 9.14. The number of nitrogens with zero attached hydrogens (tertiary/aromatic N) is 2. The normalized spacial score (nSPS) is 26.9. The molecule has 0 bridgehead atoms. The number of benzene rings is 1. The first kappa shape index (κ1) is 18.9. The van der Waals surface area contributed by atoms with E-state index in [9.17, 15) is 22.0 Å². The quantitative estimate of drug-likeness (QED) is 0.742. The maximum absolute atomic E-state index is 14.5. The fraction of sp³-hybridized carbons (Fsp3) is 0.625. The van der Waals surface area contributed by atoms with Crippen LogP contribution in [0.1, 0.15) is 5.56 Å². The van der Waals surface area contributed by atoms with E-state index in [0.717, 1.165) is 5.56 Å². The van der Waals surface area contributed by atoms with E-state index in [1.54, 1.807) is 4.90 Å². The second kappa shape index (κ2) is 7.02. The highest BCUT2D eigenvalue weighted by molar-refractivity contribution is 8.00. The van der Waals surface area contributed by atoms with E-state index in [0.29, 0.717) is 18.3 Å². The molecule has 2 fully saturated rings. The molecule has 0 spiro atoms. The van der Waals surface area contributed by atoms with Crippen molar-refractivity contribution in [2.24, 2.45) is 0 Å². The number of halogens is 5. The lowest BCUT2D eigenvalue weighted by Crippen LogP contribution is -2.67. The third-order valence-corrected chi connectivity index (χ3v) is 6.16. The molecule has 2 heterocycles. The Bertz CT molecular complexity index is 580. The van der Waals surface area contributed by atoms with Crippen LogP contribution in [0.3, 0.4) is 0 Å². The monoisotopic (exact) mass is 382 g/mol. The fourth-order valence-corrected chi connectivity index (χ4v) is 4.78.